The largest absolute Gasteiger partial charge is 0.369 e. The fourth-order valence-corrected chi connectivity index (χ4v) is 2.81. The Morgan fingerprint density at radius 1 is 1.24 bits per heavy atom. The van der Waals surface area contributed by atoms with Gasteiger partial charge in [-0.15, -0.1) is 0 Å². The Hall–Kier alpha value is -1.17. The molecule has 1 saturated heterocycles. The quantitative estimate of drug-likeness (QED) is 0.893. The normalized spacial score (nSPS) is 18.3. The summed E-state index contributed by atoms with van der Waals surface area (Å²) in [5.74, 6) is -0.197. The summed E-state index contributed by atoms with van der Waals surface area (Å²) in [6, 6.07) is 4.97. The Kier molecular flexibility index (Phi) is 5.56. The molecule has 0 bridgehead atoms. The molecule has 1 heterocycles. The SMILES string of the molecule is C[C@@H](N)c1c(F)cccc1N1CCN(CCN(C)C)CC1. The Labute approximate surface area is 127 Å². The molecule has 0 amide bonds. The minimum absolute atomic E-state index is 0.197. The number of anilines is 1. The zero-order chi connectivity index (χ0) is 15.4. The molecule has 0 radical (unpaired) electrons. The van der Waals surface area contributed by atoms with Crippen molar-refractivity contribution in [3.8, 4) is 0 Å². The van der Waals surface area contributed by atoms with Gasteiger partial charge in [0.15, 0.2) is 0 Å². The molecule has 21 heavy (non-hydrogen) atoms. The number of nitrogens with two attached hydrogens (primary N) is 1. The molecule has 1 aromatic carbocycles. The van der Waals surface area contributed by atoms with Crippen molar-refractivity contribution >= 4 is 5.69 Å². The van der Waals surface area contributed by atoms with E-state index in [4.69, 9.17) is 5.73 Å². The van der Waals surface area contributed by atoms with Gasteiger partial charge in [0.2, 0.25) is 0 Å². The van der Waals surface area contributed by atoms with Gasteiger partial charge in [0.1, 0.15) is 5.82 Å². The lowest BCUT2D eigenvalue weighted by atomic mass is 10.0. The maximum atomic E-state index is 14.0. The van der Waals surface area contributed by atoms with E-state index in [2.05, 4.69) is 28.8 Å². The average molecular weight is 294 g/mol. The standard InChI is InChI=1S/C16H27FN4/c1-13(18)16-14(17)5-4-6-15(16)21-11-9-20(10-12-21)8-7-19(2)3/h4-6,13H,7-12,18H2,1-3H3/t13-/m1/s1. The molecule has 1 aliphatic heterocycles. The molecule has 2 N–H and O–H groups in total. The van der Waals surface area contributed by atoms with Gasteiger partial charge in [0.05, 0.1) is 0 Å². The molecule has 118 valence electrons. The second kappa shape index (κ2) is 7.20. The van der Waals surface area contributed by atoms with Crippen LogP contribution in [0.4, 0.5) is 10.1 Å². The molecular formula is C16H27FN4. The lowest BCUT2D eigenvalue weighted by Crippen LogP contribution is -2.48. The Morgan fingerprint density at radius 3 is 2.48 bits per heavy atom. The summed E-state index contributed by atoms with van der Waals surface area (Å²) in [5.41, 5.74) is 7.54. The number of nitrogens with zero attached hydrogens (tertiary/aromatic N) is 3. The second-order valence-corrected chi connectivity index (χ2v) is 6.09. The summed E-state index contributed by atoms with van der Waals surface area (Å²) in [6.45, 7) is 7.89. The van der Waals surface area contributed by atoms with E-state index in [0.29, 0.717) is 5.56 Å². The van der Waals surface area contributed by atoms with Gasteiger partial charge in [0, 0.05) is 56.6 Å². The summed E-state index contributed by atoms with van der Waals surface area (Å²) in [6.07, 6.45) is 0. The van der Waals surface area contributed by atoms with Gasteiger partial charge in [0.25, 0.3) is 0 Å². The van der Waals surface area contributed by atoms with Crippen LogP contribution in [0.15, 0.2) is 18.2 Å². The summed E-state index contributed by atoms with van der Waals surface area (Å²) in [4.78, 5) is 6.92. The minimum Gasteiger partial charge on any atom is -0.369 e. The molecule has 0 saturated carbocycles. The molecular weight excluding hydrogens is 267 g/mol. The summed E-state index contributed by atoms with van der Waals surface area (Å²) >= 11 is 0. The third kappa shape index (κ3) is 4.15. The number of hydrogen-bond donors (Lipinski definition) is 1. The van der Waals surface area contributed by atoms with Gasteiger partial charge >= 0.3 is 0 Å². The van der Waals surface area contributed by atoms with Crippen LogP contribution >= 0.6 is 0 Å². The zero-order valence-corrected chi connectivity index (χ0v) is 13.3. The third-order valence-corrected chi connectivity index (χ3v) is 4.06. The minimum atomic E-state index is -0.284. The first kappa shape index (κ1) is 16.2. The highest BCUT2D eigenvalue weighted by molar-refractivity contribution is 5.55. The third-order valence-electron chi connectivity index (χ3n) is 4.06. The highest BCUT2D eigenvalue weighted by Crippen LogP contribution is 2.28. The van der Waals surface area contributed by atoms with Crippen molar-refractivity contribution in [3.63, 3.8) is 0 Å². The van der Waals surface area contributed by atoms with E-state index >= 15 is 0 Å². The van der Waals surface area contributed by atoms with Crippen molar-refractivity contribution in [3.05, 3.63) is 29.6 Å². The Balaban J connectivity index is 2.01. The molecule has 0 unspecified atom stereocenters. The Bertz CT molecular complexity index is 454. The van der Waals surface area contributed by atoms with E-state index in [9.17, 15) is 4.39 Å². The highest BCUT2D eigenvalue weighted by Gasteiger charge is 2.21. The number of piperazine rings is 1. The van der Waals surface area contributed by atoms with E-state index in [1.807, 2.05) is 13.0 Å². The van der Waals surface area contributed by atoms with Crippen molar-refractivity contribution in [1.82, 2.24) is 9.80 Å². The maximum Gasteiger partial charge on any atom is 0.130 e. The van der Waals surface area contributed by atoms with Crippen LogP contribution in [0.3, 0.4) is 0 Å². The molecule has 1 aliphatic rings. The topological polar surface area (TPSA) is 35.7 Å². The highest BCUT2D eigenvalue weighted by atomic mass is 19.1. The van der Waals surface area contributed by atoms with E-state index < -0.39 is 0 Å². The van der Waals surface area contributed by atoms with Crippen LogP contribution in [0.25, 0.3) is 0 Å². The molecule has 0 aliphatic carbocycles. The molecule has 1 aromatic rings. The number of halogens is 1. The molecule has 1 fully saturated rings. The monoisotopic (exact) mass is 294 g/mol. The number of hydrogen-bond acceptors (Lipinski definition) is 4. The van der Waals surface area contributed by atoms with Crippen LogP contribution in [-0.4, -0.2) is 63.2 Å². The van der Waals surface area contributed by atoms with Gasteiger partial charge in [-0.25, -0.2) is 4.39 Å². The summed E-state index contributed by atoms with van der Waals surface area (Å²) in [7, 11) is 4.19. The fraction of sp³-hybridized carbons (Fsp3) is 0.625. The molecule has 4 nitrogen and oxygen atoms in total. The Morgan fingerprint density at radius 2 is 1.90 bits per heavy atom. The van der Waals surface area contributed by atoms with E-state index in [1.54, 1.807) is 6.07 Å². The molecule has 0 spiro atoms. The van der Waals surface area contributed by atoms with Gasteiger partial charge < -0.3 is 15.5 Å². The first-order chi connectivity index (χ1) is 9.99. The molecule has 5 heteroatoms. The molecule has 1 atom stereocenters. The van der Waals surface area contributed by atoms with Gasteiger partial charge in [-0.05, 0) is 33.2 Å². The predicted molar refractivity (Wildman–Crippen MR) is 86.2 cm³/mol. The van der Waals surface area contributed by atoms with Crippen molar-refractivity contribution in [2.75, 3.05) is 58.3 Å². The fourth-order valence-electron chi connectivity index (χ4n) is 2.81. The number of rotatable bonds is 5. The van der Waals surface area contributed by atoms with Crippen LogP contribution in [0.1, 0.15) is 18.5 Å². The lowest BCUT2D eigenvalue weighted by molar-refractivity contribution is 0.229. The van der Waals surface area contributed by atoms with Crippen molar-refractivity contribution in [1.29, 1.82) is 0 Å². The van der Waals surface area contributed by atoms with Crippen LogP contribution in [0.2, 0.25) is 0 Å². The average Bonchev–Trinajstić information content (AvgIpc) is 2.45. The van der Waals surface area contributed by atoms with Crippen molar-refractivity contribution < 1.29 is 4.39 Å². The van der Waals surface area contributed by atoms with Crippen LogP contribution in [-0.2, 0) is 0 Å². The van der Waals surface area contributed by atoms with E-state index in [-0.39, 0.29) is 11.9 Å². The summed E-state index contributed by atoms with van der Waals surface area (Å²) < 4.78 is 14.0. The van der Waals surface area contributed by atoms with Gasteiger partial charge in [-0.1, -0.05) is 6.07 Å². The predicted octanol–water partition coefficient (Wildman–Crippen LogP) is 1.53. The first-order valence-corrected chi connectivity index (χ1v) is 7.65. The van der Waals surface area contributed by atoms with Crippen LogP contribution in [0, 0.1) is 5.82 Å². The number of likely N-dealkylation sites (N-methyl/N-ethyl adjacent to an activating group) is 1. The van der Waals surface area contributed by atoms with Gasteiger partial charge in [-0.2, -0.15) is 0 Å². The van der Waals surface area contributed by atoms with Crippen LogP contribution < -0.4 is 10.6 Å². The molecule has 2 rings (SSSR count). The summed E-state index contributed by atoms with van der Waals surface area (Å²) in [5, 5.41) is 0. The smallest absolute Gasteiger partial charge is 0.130 e. The van der Waals surface area contributed by atoms with Gasteiger partial charge in [-0.3, -0.25) is 4.90 Å². The van der Waals surface area contributed by atoms with Crippen molar-refractivity contribution in [2.45, 2.75) is 13.0 Å². The van der Waals surface area contributed by atoms with E-state index in [0.717, 1.165) is 45.0 Å². The zero-order valence-electron chi connectivity index (χ0n) is 13.3. The maximum absolute atomic E-state index is 14.0. The number of benzene rings is 1. The van der Waals surface area contributed by atoms with E-state index in [1.165, 1.54) is 6.07 Å². The second-order valence-electron chi connectivity index (χ2n) is 6.09. The molecule has 0 aromatic heterocycles. The lowest BCUT2D eigenvalue weighted by Gasteiger charge is -2.37. The first-order valence-electron chi connectivity index (χ1n) is 7.65. The van der Waals surface area contributed by atoms with Crippen molar-refractivity contribution in [2.24, 2.45) is 5.73 Å². The van der Waals surface area contributed by atoms with Crippen LogP contribution in [0.5, 0.6) is 0 Å².